The fraction of sp³-hybridized carbons (Fsp3) is 0.400. The van der Waals surface area contributed by atoms with Gasteiger partial charge in [0.05, 0.1) is 23.0 Å². The predicted molar refractivity (Wildman–Crippen MR) is 173 cm³/mol. The Morgan fingerprint density at radius 3 is 2.68 bits per heavy atom. The number of pyridine rings is 1. The Labute approximate surface area is 270 Å². The first kappa shape index (κ1) is 29.8. The van der Waals surface area contributed by atoms with Crippen molar-refractivity contribution in [3.63, 3.8) is 0 Å². The zero-order valence-corrected chi connectivity index (χ0v) is 26.5. The van der Waals surface area contributed by atoms with Crippen LogP contribution in [0, 0.1) is 11.6 Å². The number of nitrogens with zero attached hydrogens (tertiary/aromatic N) is 7. The number of benzene rings is 2. The summed E-state index contributed by atoms with van der Waals surface area (Å²) >= 11 is 0. The van der Waals surface area contributed by atoms with Gasteiger partial charge < -0.3 is 15.0 Å². The molecular formula is C35H36F2N8O2. The number of rotatable bonds is 5. The first-order chi connectivity index (χ1) is 22.8. The number of amides is 1. The van der Waals surface area contributed by atoms with Crippen molar-refractivity contribution in [2.45, 2.75) is 50.1 Å². The number of ether oxygens (including phenoxy) is 1. The number of carbonyl (C=O) groups is 1. The van der Waals surface area contributed by atoms with Crippen molar-refractivity contribution in [1.29, 1.82) is 0 Å². The van der Waals surface area contributed by atoms with Crippen LogP contribution in [-0.2, 0) is 12.8 Å². The first-order valence-electron chi connectivity index (χ1n) is 16.3. The average molecular weight is 639 g/mol. The maximum atomic E-state index is 16.8. The van der Waals surface area contributed by atoms with Crippen LogP contribution in [0.1, 0.15) is 48.7 Å². The zero-order chi connectivity index (χ0) is 32.3. The largest absolute Gasteiger partial charge is 0.461 e. The van der Waals surface area contributed by atoms with E-state index in [2.05, 4.69) is 25.3 Å². The molecule has 3 aliphatic rings. The van der Waals surface area contributed by atoms with E-state index in [0.717, 1.165) is 50.0 Å². The highest BCUT2D eigenvalue weighted by atomic mass is 19.1. The molecule has 0 saturated carbocycles. The smallest absolute Gasteiger partial charge is 0.344 e. The lowest BCUT2D eigenvalue weighted by Gasteiger charge is -2.31. The van der Waals surface area contributed by atoms with Gasteiger partial charge in [-0.1, -0.05) is 30.3 Å². The summed E-state index contributed by atoms with van der Waals surface area (Å²) in [6.07, 6.45) is 8.76. The van der Waals surface area contributed by atoms with Crippen LogP contribution in [0.3, 0.4) is 0 Å². The van der Waals surface area contributed by atoms with Gasteiger partial charge >= 0.3 is 12.0 Å². The van der Waals surface area contributed by atoms with Gasteiger partial charge in [0.1, 0.15) is 23.6 Å². The van der Waals surface area contributed by atoms with E-state index < -0.39 is 11.6 Å². The lowest BCUT2D eigenvalue weighted by Crippen LogP contribution is -2.43. The molecular weight excluding hydrogens is 602 g/mol. The molecule has 5 aromatic rings. The molecule has 1 unspecified atom stereocenters. The molecule has 3 aliphatic heterocycles. The lowest BCUT2D eigenvalue weighted by molar-refractivity contribution is 0.107. The monoisotopic (exact) mass is 638 g/mol. The van der Waals surface area contributed by atoms with Crippen molar-refractivity contribution in [2.75, 3.05) is 40.3 Å². The van der Waals surface area contributed by atoms with Crippen molar-refractivity contribution in [2.24, 2.45) is 0 Å². The van der Waals surface area contributed by atoms with Crippen molar-refractivity contribution in [1.82, 2.24) is 39.8 Å². The topological polar surface area (TPSA) is 101 Å². The van der Waals surface area contributed by atoms with E-state index in [0.29, 0.717) is 53.4 Å². The van der Waals surface area contributed by atoms with Gasteiger partial charge in [-0.15, -0.1) is 0 Å². The lowest BCUT2D eigenvalue weighted by atomic mass is 9.95. The van der Waals surface area contributed by atoms with Crippen molar-refractivity contribution >= 4 is 27.7 Å². The molecule has 0 spiro atoms. The van der Waals surface area contributed by atoms with Crippen LogP contribution in [0.5, 0.6) is 6.01 Å². The van der Waals surface area contributed by atoms with Crippen LogP contribution in [0.2, 0.25) is 0 Å². The van der Waals surface area contributed by atoms with E-state index in [1.807, 2.05) is 0 Å². The van der Waals surface area contributed by atoms with E-state index in [-0.39, 0.29) is 34.8 Å². The summed E-state index contributed by atoms with van der Waals surface area (Å²) in [4.78, 5) is 30.7. The molecule has 242 valence electrons. The number of hydrogen-bond donors (Lipinski definition) is 1. The third-order valence-electron chi connectivity index (χ3n) is 10.0. The van der Waals surface area contributed by atoms with Crippen molar-refractivity contribution < 1.29 is 18.3 Å². The Morgan fingerprint density at radius 1 is 1.11 bits per heavy atom. The minimum absolute atomic E-state index is 0.0136. The molecule has 1 N–H and O–H groups in total. The summed E-state index contributed by atoms with van der Waals surface area (Å²) in [6.45, 7) is 3.11. The second-order valence-corrected chi connectivity index (χ2v) is 13.1. The van der Waals surface area contributed by atoms with Gasteiger partial charge in [-0.2, -0.15) is 19.7 Å². The SMILES string of the molecule is CN(C)C(=O)n1cc2c(n1)CCNC(c1nc(OCC34CCCN3CCC4)nc3c(F)c(-c4cccc5cccc(F)c45)ncc13)C2. The third-order valence-corrected chi connectivity index (χ3v) is 10.0. The highest BCUT2D eigenvalue weighted by Gasteiger charge is 2.45. The van der Waals surface area contributed by atoms with Gasteiger partial charge in [-0.25, -0.2) is 13.6 Å². The van der Waals surface area contributed by atoms with Gasteiger partial charge in [0, 0.05) is 55.8 Å². The summed E-state index contributed by atoms with van der Waals surface area (Å²) in [5.74, 6) is -1.11. The number of fused-ring (bicyclic) bond motifs is 4. The second-order valence-electron chi connectivity index (χ2n) is 13.1. The van der Waals surface area contributed by atoms with Gasteiger partial charge in [-0.05, 0) is 62.2 Å². The summed E-state index contributed by atoms with van der Waals surface area (Å²) in [7, 11) is 3.37. The van der Waals surface area contributed by atoms with E-state index in [9.17, 15) is 4.79 Å². The molecule has 8 rings (SSSR count). The number of halogens is 2. The first-order valence-corrected chi connectivity index (χ1v) is 16.3. The minimum Gasteiger partial charge on any atom is -0.461 e. The molecule has 2 saturated heterocycles. The molecule has 0 bridgehead atoms. The van der Waals surface area contributed by atoms with Crippen LogP contribution >= 0.6 is 0 Å². The second kappa shape index (κ2) is 11.6. The highest BCUT2D eigenvalue weighted by Crippen LogP contribution is 2.40. The Balaban J connectivity index is 1.24. The average Bonchev–Trinajstić information content (AvgIpc) is 3.74. The zero-order valence-electron chi connectivity index (χ0n) is 26.5. The van der Waals surface area contributed by atoms with Crippen LogP contribution in [0.25, 0.3) is 32.9 Å². The number of nitrogens with one attached hydrogen (secondary N) is 1. The molecule has 10 nitrogen and oxygen atoms in total. The Bertz CT molecular complexity index is 2010. The normalized spacial score (nSPS) is 19.1. The Hall–Kier alpha value is -4.55. The van der Waals surface area contributed by atoms with E-state index in [1.165, 1.54) is 15.6 Å². The standard InChI is InChI=1S/C35H36F2N8O2/c1-43(2)34(46)45-19-22-17-27(38-14-11-26(22)42-45)30-24-18-39-31(23-9-3-7-21-8-4-10-25(36)28(21)23)29(37)32(24)41-33(40-30)47-20-35-12-5-15-44(35)16-6-13-35/h3-4,7-10,18-19,27,38H,5-6,11-17,20H2,1-2H3. The fourth-order valence-corrected chi connectivity index (χ4v) is 7.71. The molecule has 12 heteroatoms. The maximum absolute atomic E-state index is 16.8. The van der Waals surface area contributed by atoms with Crippen LogP contribution in [0.4, 0.5) is 13.6 Å². The summed E-state index contributed by atoms with van der Waals surface area (Å²) in [5.41, 5.74) is 2.68. The highest BCUT2D eigenvalue weighted by molar-refractivity contribution is 5.98. The summed E-state index contributed by atoms with van der Waals surface area (Å²) < 4.78 is 39.6. The van der Waals surface area contributed by atoms with Crippen LogP contribution in [-0.4, -0.2) is 86.4 Å². The molecule has 1 amide bonds. The van der Waals surface area contributed by atoms with Crippen LogP contribution < -0.4 is 10.1 Å². The van der Waals surface area contributed by atoms with E-state index in [4.69, 9.17) is 9.72 Å². The van der Waals surface area contributed by atoms with Crippen molar-refractivity contribution in [3.8, 4) is 17.3 Å². The van der Waals surface area contributed by atoms with Gasteiger partial charge in [0.15, 0.2) is 5.82 Å². The van der Waals surface area contributed by atoms with E-state index >= 15 is 8.78 Å². The molecule has 0 aliphatic carbocycles. The molecule has 0 radical (unpaired) electrons. The van der Waals surface area contributed by atoms with E-state index in [1.54, 1.807) is 56.8 Å². The quantitative estimate of drug-likeness (QED) is 0.278. The van der Waals surface area contributed by atoms with Gasteiger partial charge in [0.2, 0.25) is 0 Å². The maximum Gasteiger partial charge on any atom is 0.344 e. The molecule has 2 fully saturated rings. The molecule has 1 atom stereocenters. The minimum atomic E-state index is -0.660. The van der Waals surface area contributed by atoms with Gasteiger partial charge in [-0.3, -0.25) is 9.88 Å². The summed E-state index contributed by atoms with van der Waals surface area (Å²) in [5, 5.41) is 9.51. The molecule has 47 heavy (non-hydrogen) atoms. The van der Waals surface area contributed by atoms with Gasteiger partial charge in [0.25, 0.3) is 0 Å². The Morgan fingerprint density at radius 2 is 1.89 bits per heavy atom. The Kier molecular flexibility index (Phi) is 7.36. The fourth-order valence-electron chi connectivity index (χ4n) is 7.71. The molecule has 2 aromatic carbocycles. The molecule has 6 heterocycles. The number of aromatic nitrogens is 5. The summed E-state index contributed by atoms with van der Waals surface area (Å²) in [6, 6.07) is 9.55. The number of hydrogen-bond acceptors (Lipinski definition) is 8. The molecule has 3 aromatic heterocycles. The third kappa shape index (κ3) is 5.10. The van der Waals surface area contributed by atoms with Crippen LogP contribution in [0.15, 0.2) is 48.8 Å². The number of carbonyl (C=O) groups excluding carboxylic acids is 1. The predicted octanol–water partition coefficient (Wildman–Crippen LogP) is 5.29. The van der Waals surface area contributed by atoms with Crippen molar-refractivity contribution in [3.05, 3.63) is 77.4 Å².